The summed E-state index contributed by atoms with van der Waals surface area (Å²) in [5.74, 6) is 0. The monoisotopic (exact) mass is 331 g/mol. The van der Waals surface area contributed by atoms with Crippen LogP contribution in [0.4, 0.5) is 11.4 Å². The Morgan fingerprint density at radius 1 is 1.23 bits per heavy atom. The van der Waals surface area contributed by atoms with Crippen LogP contribution in [0.15, 0.2) is 46.7 Å². The normalized spacial score (nSPS) is 14.7. The molecular formula is C15H17N5S2. The quantitative estimate of drug-likeness (QED) is 0.744. The van der Waals surface area contributed by atoms with E-state index in [0.717, 1.165) is 38.0 Å². The number of nitrogen functional groups attached to an aromatic ring is 1. The summed E-state index contributed by atoms with van der Waals surface area (Å²) < 4.78 is 1.97. The van der Waals surface area contributed by atoms with Crippen molar-refractivity contribution in [3.05, 3.63) is 52.4 Å². The third-order valence-corrected chi connectivity index (χ3v) is 4.57. The second kappa shape index (κ2) is 6.02. The van der Waals surface area contributed by atoms with E-state index in [0.29, 0.717) is 0 Å². The van der Waals surface area contributed by atoms with Crippen molar-refractivity contribution in [1.82, 2.24) is 9.29 Å². The highest BCUT2D eigenvalue weighted by Crippen LogP contribution is 2.32. The molecule has 1 aliphatic rings. The summed E-state index contributed by atoms with van der Waals surface area (Å²) in [4.78, 5) is 4.49. The van der Waals surface area contributed by atoms with Gasteiger partial charge in [0.15, 0.2) is 0 Å². The van der Waals surface area contributed by atoms with Crippen LogP contribution in [0.2, 0.25) is 0 Å². The number of benzene rings is 1. The smallest absolute Gasteiger partial charge is 0.0963 e. The van der Waals surface area contributed by atoms with Crippen LogP contribution in [0.3, 0.4) is 0 Å². The predicted molar refractivity (Wildman–Crippen MR) is 97.8 cm³/mol. The van der Waals surface area contributed by atoms with Crippen molar-refractivity contribution in [2.45, 2.75) is 6.92 Å². The molecule has 1 aromatic carbocycles. The van der Waals surface area contributed by atoms with Crippen LogP contribution >= 0.6 is 23.7 Å². The number of nitrogens with zero attached hydrogens (tertiary/aromatic N) is 2. The van der Waals surface area contributed by atoms with Crippen LogP contribution in [0, 0.1) is 6.92 Å². The van der Waals surface area contributed by atoms with Gasteiger partial charge in [-0.1, -0.05) is 11.8 Å². The number of hydrogen-bond acceptors (Lipinski definition) is 7. The maximum absolute atomic E-state index is 6.10. The molecule has 7 heteroatoms. The van der Waals surface area contributed by atoms with Gasteiger partial charge in [-0.3, -0.25) is 9.29 Å². The average Bonchev–Trinajstić information content (AvgIpc) is 2.47. The summed E-state index contributed by atoms with van der Waals surface area (Å²) in [5.41, 5.74) is 15.5. The lowest BCUT2D eigenvalue weighted by molar-refractivity contribution is 0.841. The Kier molecular flexibility index (Phi) is 4.08. The fourth-order valence-corrected chi connectivity index (χ4v) is 3.55. The molecule has 1 aliphatic heterocycles. The molecule has 22 heavy (non-hydrogen) atoms. The Bertz CT molecular complexity index is 785. The van der Waals surface area contributed by atoms with Gasteiger partial charge < -0.3 is 16.8 Å². The predicted octanol–water partition coefficient (Wildman–Crippen LogP) is 3.42. The van der Waals surface area contributed by atoms with Crippen LogP contribution in [-0.4, -0.2) is 15.5 Å². The van der Waals surface area contributed by atoms with Crippen molar-refractivity contribution in [3.63, 3.8) is 0 Å². The Balaban J connectivity index is 1.90. The van der Waals surface area contributed by atoms with Crippen molar-refractivity contribution in [1.29, 1.82) is 0 Å². The lowest BCUT2D eigenvalue weighted by atomic mass is 10.1. The molecule has 3 rings (SSSR count). The van der Waals surface area contributed by atoms with E-state index in [9.17, 15) is 0 Å². The summed E-state index contributed by atoms with van der Waals surface area (Å²) in [6.45, 7) is 1.94. The standard InChI is InChI=1S/C15H17N5S2/c1-9-5-12(16)11-6-10(3-4-13(11)18-9)19-15-8-20(21-2)7-14(17)22-15/h3-8,19H,17H2,1-2H3,(H2,16,18). The van der Waals surface area contributed by atoms with Crippen LogP contribution < -0.4 is 16.8 Å². The van der Waals surface area contributed by atoms with Crippen LogP contribution in [-0.2, 0) is 0 Å². The molecule has 2 heterocycles. The number of aromatic nitrogens is 1. The number of fused-ring (bicyclic) bond motifs is 1. The van der Waals surface area contributed by atoms with E-state index in [4.69, 9.17) is 11.5 Å². The van der Waals surface area contributed by atoms with Gasteiger partial charge in [0.25, 0.3) is 0 Å². The number of anilines is 2. The van der Waals surface area contributed by atoms with Crippen molar-refractivity contribution in [2.75, 3.05) is 17.3 Å². The van der Waals surface area contributed by atoms with Gasteiger partial charge in [0.1, 0.15) is 0 Å². The number of aryl methyl sites for hydroxylation is 1. The molecule has 0 aliphatic carbocycles. The largest absolute Gasteiger partial charge is 0.398 e. The van der Waals surface area contributed by atoms with Crippen LogP contribution in [0.5, 0.6) is 0 Å². The van der Waals surface area contributed by atoms with Gasteiger partial charge in [-0.25, -0.2) is 0 Å². The van der Waals surface area contributed by atoms with Gasteiger partial charge >= 0.3 is 0 Å². The Morgan fingerprint density at radius 2 is 2.05 bits per heavy atom. The second-order valence-corrected chi connectivity index (χ2v) is 6.78. The van der Waals surface area contributed by atoms with E-state index in [2.05, 4.69) is 10.3 Å². The zero-order chi connectivity index (χ0) is 15.7. The van der Waals surface area contributed by atoms with Crippen molar-refractivity contribution < 1.29 is 0 Å². The highest BCUT2D eigenvalue weighted by atomic mass is 32.2. The molecule has 114 valence electrons. The third-order valence-electron chi connectivity index (χ3n) is 3.17. The Morgan fingerprint density at radius 3 is 2.82 bits per heavy atom. The van der Waals surface area contributed by atoms with E-state index in [1.54, 1.807) is 11.9 Å². The number of rotatable bonds is 3. The molecule has 0 saturated carbocycles. The van der Waals surface area contributed by atoms with Gasteiger partial charge in [-0.2, -0.15) is 0 Å². The molecule has 0 fully saturated rings. The first-order valence-corrected chi connectivity index (χ1v) is 8.68. The summed E-state index contributed by atoms with van der Waals surface area (Å²) in [6, 6.07) is 7.86. The van der Waals surface area contributed by atoms with E-state index < -0.39 is 0 Å². The van der Waals surface area contributed by atoms with Crippen LogP contribution in [0.1, 0.15) is 5.69 Å². The number of pyridine rings is 1. The SMILES string of the molecule is CSN1C=C(N)SC(Nc2ccc3nc(C)cc(N)c3c2)=C1. The van der Waals surface area contributed by atoms with E-state index in [-0.39, 0.29) is 0 Å². The molecule has 0 saturated heterocycles. The maximum atomic E-state index is 6.10. The van der Waals surface area contributed by atoms with Crippen molar-refractivity contribution in [3.8, 4) is 0 Å². The number of nitrogens with one attached hydrogen (secondary N) is 1. The van der Waals surface area contributed by atoms with E-state index in [1.165, 1.54) is 11.8 Å². The molecule has 0 bridgehead atoms. The van der Waals surface area contributed by atoms with Crippen molar-refractivity contribution >= 4 is 46.0 Å². The lowest BCUT2D eigenvalue weighted by Gasteiger charge is -2.21. The topological polar surface area (TPSA) is 80.2 Å². The van der Waals surface area contributed by atoms with Gasteiger partial charge in [0.2, 0.25) is 0 Å². The van der Waals surface area contributed by atoms with E-state index in [1.807, 2.05) is 54.2 Å². The second-order valence-electron chi connectivity index (χ2n) is 4.88. The summed E-state index contributed by atoms with van der Waals surface area (Å²) in [5, 5.41) is 6.03. The van der Waals surface area contributed by atoms with Gasteiger partial charge in [-0.15, -0.1) is 0 Å². The average molecular weight is 331 g/mol. The van der Waals surface area contributed by atoms with E-state index >= 15 is 0 Å². The zero-order valence-electron chi connectivity index (χ0n) is 12.3. The molecular weight excluding hydrogens is 314 g/mol. The lowest BCUT2D eigenvalue weighted by Crippen LogP contribution is -2.12. The first-order chi connectivity index (χ1) is 10.5. The fraction of sp³-hybridized carbons (Fsp3) is 0.133. The molecule has 1 aromatic heterocycles. The number of nitrogens with two attached hydrogens (primary N) is 2. The highest BCUT2D eigenvalue weighted by Gasteiger charge is 2.11. The number of hydrogen-bond donors (Lipinski definition) is 3. The molecule has 5 nitrogen and oxygen atoms in total. The number of thioether (sulfide) groups is 1. The highest BCUT2D eigenvalue weighted by molar-refractivity contribution is 8.07. The molecule has 0 unspecified atom stereocenters. The Hall–Kier alpha value is -1.99. The first-order valence-electron chi connectivity index (χ1n) is 6.68. The minimum atomic E-state index is 0.738. The molecule has 0 amide bonds. The maximum Gasteiger partial charge on any atom is 0.0963 e. The molecule has 2 aromatic rings. The molecule has 0 spiro atoms. The minimum absolute atomic E-state index is 0.738. The van der Waals surface area contributed by atoms with Gasteiger partial charge in [-0.05, 0) is 43.1 Å². The third kappa shape index (κ3) is 3.10. The zero-order valence-corrected chi connectivity index (χ0v) is 14.0. The summed E-state index contributed by atoms with van der Waals surface area (Å²) in [7, 11) is 0. The van der Waals surface area contributed by atoms with Gasteiger partial charge in [0, 0.05) is 41.1 Å². The summed E-state index contributed by atoms with van der Waals surface area (Å²) >= 11 is 3.09. The first kappa shape index (κ1) is 14.9. The van der Waals surface area contributed by atoms with Gasteiger partial charge in [0.05, 0.1) is 15.6 Å². The van der Waals surface area contributed by atoms with Crippen molar-refractivity contribution in [2.24, 2.45) is 5.73 Å². The summed E-state index contributed by atoms with van der Waals surface area (Å²) in [6.07, 6.45) is 5.90. The molecule has 5 N–H and O–H groups in total. The minimum Gasteiger partial charge on any atom is -0.398 e. The fourth-order valence-electron chi connectivity index (χ4n) is 2.23. The molecule has 0 atom stereocenters. The molecule has 0 radical (unpaired) electrons. The Labute approximate surface area is 138 Å². The van der Waals surface area contributed by atoms with Crippen LogP contribution in [0.25, 0.3) is 10.9 Å².